The molecule has 4 rings (SSSR count). The molecule has 1 spiro atoms. The summed E-state index contributed by atoms with van der Waals surface area (Å²) < 4.78 is 0. The van der Waals surface area contributed by atoms with Gasteiger partial charge in [0.15, 0.2) is 17.6 Å². The molecule has 3 amide bonds. The second-order valence-corrected chi connectivity index (χ2v) is 7.48. The molecule has 4 saturated heterocycles. The maximum Gasteiger partial charge on any atom is 0.231 e. The van der Waals surface area contributed by atoms with E-state index in [-0.39, 0.29) is 49.7 Å². The third-order valence-electron chi connectivity index (χ3n) is 5.81. The molecule has 4 fully saturated rings. The summed E-state index contributed by atoms with van der Waals surface area (Å²) in [5, 5.41) is 49.2. The number of rotatable bonds is 3. The minimum atomic E-state index is -2.55. The highest BCUT2D eigenvalue weighted by molar-refractivity contribution is 6.02. The third kappa shape index (κ3) is 2.29. The quantitative estimate of drug-likeness (QED) is 0.173. The van der Waals surface area contributed by atoms with Crippen molar-refractivity contribution in [1.29, 1.82) is 10.8 Å². The highest BCUT2D eigenvalue weighted by Crippen LogP contribution is 2.43. The largest absolute Gasteiger partial charge is 0.361 e. The van der Waals surface area contributed by atoms with Gasteiger partial charge in [-0.15, -0.1) is 0 Å². The number of amides is 3. The molecule has 152 valence electrons. The van der Waals surface area contributed by atoms with Gasteiger partial charge in [-0.3, -0.25) is 30.1 Å². The van der Waals surface area contributed by atoms with Crippen molar-refractivity contribution >= 4 is 29.6 Å². The van der Waals surface area contributed by atoms with Crippen LogP contribution in [0.3, 0.4) is 0 Å². The van der Waals surface area contributed by atoms with Crippen LogP contribution in [0.2, 0.25) is 0 Å². The molecule has 4 aliphatic rings. The van der Waals surface area contributed by atoms with E-state index in [1.54, 1.807) is 0 Å². The van der Waals surface area contributed by atoms with Crippen LogP contribution in [0, 0.1) is 10.8 Å². The first-order chi connectivity index (χ1) is 13.1. The number of aliphatic hydroxyl groups is 2. The van der Waals surface area contributed by atoms with Crippen LogP contribution in [-0.2, 0) is 14.4 Å². The minimum absolute atomic E-state index is 0.0921. The first kappa shape index (κ1) is 18.4. The average Bonchev–Trinajstić information content (AvgIpc) is 3.18. The van der Waals surface area contributed by atoms with E-state index in [1.807, 2.05) is 0 Å². The second kappa shape index (κ2) is 5.78. The highest BCUT2D eigenvalue weighted by atomic mass is 16.5. The summed E-state index contributed by atoms with van der Waals surface area (Å²) in [6.07, 6.45) is 0.224. The fourth-order valence-corrected chi connectivity index (χ4v) is 4.60. The van der Waals surface area contributed by atoms with Gasteiger partial charge >= 0.3 is 0 Å². The van der Waals surface area contributed by atoms with E-state index in [0.717, 1.165) is 4.90 Å². The summed E-state index contributed by atoms with van der Waals surface area (Å²) >= 11 is 0. The van der Waals surface area contributed by atoms with Gasteiger partial charge in [0.2, 0.25) is 23.5 Å². The van der Waals surface area contributed by atoms with Gasteiger partial charge in [-0.05, 0) is 0 Å². The maximum atomic E-state index is 12.0. The number of nitrogens with zero attached hydrogens (tertiary/aromatic N) is 2. The van der Waals surface area contributed by atoms with Crippen LogP contribution in [0.25, 0.3) is 0 Å². The summed E-state index contributed by atoms with van der Waals surface area (Å²) in [6, 6.07) is -2.78. The van der Waals surface area contributed by atoms with Gasteiger partial charge in [0.05, 0.1) is 18.6 Å². The zero-order valence-electron chi connectivity index (χ0n) is 15.1. The number of guanidine groups is 2. The van der Waals surface area contributed by atoms with Gasteiger partial charge in [0, 0.05) is 26.3 Å². The molecule has 0 radical (unpaired) electrons. The van der Waals surface area contributed by atoms with Crippen LogP contribution in [-0.4, -0.2) is 92.3 Å². The van der Waals surface area contributed by atoms with E-state index in [0.29, 0.717) is 0 Å². The lowest BCUT2D eigenvalue weighted by Gasteiger charge is -2.51. The summed E-state index contributed by atoms with van der Waals surface area (Å²) in [5.41, 5.74) is -1.74. The van der Waals surface area contributed by atoms with Gasteiger partial charge in [-0.1, -0.05) is 0 Å². The van der Waals surface area contributed by atoms with Crippen molar-refractivity contribution in [2.75, 3.05) is 13.1 Å². The fourth-order valence-electron chi connectivity index (χ4n) is 4.60. The molecule has 0 aliphatic carbocycles. The topological polar surface area (TPSA) is 194 Å². The maximum absolute atomic E-state index is 12.0. The number of carbonyl (C=O) groups is 3. The molecule has 4 atom stereocenters. The molecule has 4 aliphatic heterocycles. The van der Waals surface area contributed by atoms with Crippen LogP contribution in [0.4, 0.5) is 0 Å². The Bertz CT molecular complexity index is 783. The van der Waals surface area contributed by atoms with Crippen molar-refractivity contribution in [2.45, 2.75) is 49.3 Å². The molecule has 2 unspecified atom stereocenters. The summed E-state index contributed by atoms with van der Waals surface area (Å²) in [4.78, 5) is 37.9. The van der Waals surface area contributed by atoms with Crippen LogP contribution < -0.4 is 21.3 Å². The second-order valence-electron chi connectivity index (χ2n) is 7.48. The number of nitrogens with one attached hydrogen (secondary N) is 6. The molecule has 0 aromatic carbocycles. The summed E-state index contributed by atoms with van der Waals surface area (Å²) in [5.74, 6) is -4.08. The Hall–Kier alpha value is -2.93. The van der Waals surface area contributed by atoms with E-state index in [4.69, 9.17) is 10.8 Å². The summed E-state index contributed by atoms with van der Waals surface area (Å²) in [6.45, 7) is 1.05. The molecule has 0 aromatic heterocycles. The SMILES string of the molecule is CC(=O)NC1CN2C(=N)NC(CN3C(=O)CCC3=O)[C@@H]3NC(=N)N[C@@]32C1(O)O. The molecule has 0 aromatic rings. The molecule has 28 heavy (non-hydrogen) atoms. The number of hydrogen-bond donors (Lipinski definition) is 8. The fraction of sp³-hybridized carbons (Fsp3) is 0.667. The van der Waals surface area contributed by atoms with Crippen LogP contribution in [0.1, 0.15) is 19.8 Å². The van der Waals surface area contributed by atoms with Gasteiger partial charge in [0.25, 0.3) is 0 Å². The zero-order chi connectivity index (χ0) is 20.4. The third-order valence-corrected chi connectivity index (χ3v) is 5.81. The average molecular weight is 394 g/mol. The predicted molar refractivity (Wildman–Crippen MR) is 92.6 cm³/mol. The molecular weight excluding hydrogens is 372 g/mol. The molecular formula is C15H22N8O5. The summed E-state index contributed by atoms with van der Waals surface area (Å²) in [7, 11) is 0. The van der Waals surface area contributed by atoms with Gasteiger partial charge < -0.3 is 36.4 Å². The lowest BCUT2D eigenvalue weighted by molar-refractivity contribution is -0.233. The molecule has 13 heteroatoms. The molecule has 8 N–H and O–H groups in total. The lowest BCUT2D eigenvalue weighted by Crippen LogP contribution is -2.81. The Morgan fingerprint density at radius 3 is 2.50 bits per heavy atom. The molecule has 4 heterocycles. The number of imide groups is 1. The van der Waals surface area contributed by atoms with Gasteiger partial charge in [0.1, 0.15) is 6.04 Å². The monoisotopic (exact) mass is 394 g/mol. The standard InChI is InChI=1S/C15H22N8O5/c1-6(24)18-8-5-23-13(17)19-7(4-22-9(25)2-3-10(22)26)11-14(23,15(8,27)28)21-12(16)20-11/h7-8,11,27-28H,2-5H2,1H3,(H2,17,19)(H,18,24)(H3,16,20,21)/t7?,8?,11-,14-/m0/s1. The van der Waals surface area contributed by atoms with Crippen LogP contribution >= 0.6 is 0 Å². The van der Waals surface area contributed by atoms with Crippen LogP contribution in [0.5, 0.6) is 0 Å². The van der Waals surface area contributed by atoms with E-state index in [2.05, 4.69) is 21.3 Å². The highest BCUT2D eigenvalue weighted by Gasteiger charge is 2.74. The smallest absolute Gasteiger partial charge is 0.231 e. The van der Waals surface area contributed by atoms with E-state index >= 15 is 0 Å². The normalized spacial score (nSPS) is 35.9. The Morgan fingerprint density at radius 2 is 1.89 bits per heavy atom. The molecule has 0 saturated carbocycles. The Balaban J connectivity index is 1.71. The molecule has 13 nitrogen and oxygen atoms in total. The predicted octanol–water partition coefficient (Wildman–Crippen LogP) is -4.26. The van der Waals surface area contributed by atoms with E-state index in [1.165, 1.54) is 11.8 Å². The number of likely N-dealkylation sites (tertiary alicyclic amines) is 1. The van der Waals surface area contributed by atoms with Gasteiger partial charge in [-0.2, -0.15) is 0 Å². The zero-order valence-corrected chi connectivity index (χ0v) is 15.1. The number of hydrogen-bond acceptors (Lipinski definition) is 7. The first-order valence-corrected chi connectivity index (χ1v) is 8.89. The van der Waals surface area contributed by atoms with Crippen LogP contribution in [0.15, 0.2) is 0 Å². The minimum Gasteiger partial charge on any atom is -0.361 e. The lowest BCUT2D eigenvalue weighted by atomic mass is 9.84. The van der Waals surface area contributed by atoms with E-state index < -0.39 is 35.5 Å². The van der Waals surface area contributed by atoms with Crippen molar-refractivity contribution < 1.29 is 24.6 Å². The Morgan fingerprint density at radius 1 is 1.25 bits per heavy atom. The number of carbonyl (C=O) groups excluding carboxylic acids is 3. The first-order valence-electron chi connectivity index (χ1n) is 8.89. The van der Waals surface area contributed by atoms with Crippen molar-refractivity contribution in [3.8, 4) is 0 Å². The Labute approximate surface area is 159 Å². The van der Waals surface area contributed by atoms with E-state index in [9.17, 15) is 24.6 Å². The molecule has 0 bridgehead atoms. The Kier molecular flexibility index (Phi) is 3.81. The van der Waals surface area contributed by atoms with Crippen molar-refractivity contribution in [2.24, 2.45) is 0 Å². The van der Waals surface area contributed by atoms with Crippen molar-refractivity contribution in [3.63, 3.8) is 0 Å². The van der Waals surface area contributed by atoms with Gasteiger partial charge in [-0.25, -0.2) is 0 Å². The van der Waals surface area contributed by atoms with Crippen molar-refractivity contribution in [3.05, 3.63) is 0 Å². The van der Waals surface area contributed by atoms with Crippen molar-refractivity contribution in [1.82, 2.24) is 31.1 Å².